The molecule has 3 nitrogen and oxygen atoms in total. The molecule has 0 unspecified atom stereocenters. The van der Waals surface area contributed by atoms with E-state index in [1.165, 1.54) is 11.3 Å². The van der Waals surface area contributed by atoms with Crippen LogP contribution >= 0.6 is 22.9 Å². The van der Waals surface area contributed by atoms with E-state index in [1.807, 2.05) is 13.8 Å². The smallest absolute Gasteiger partial charge is 0.274 e. The van der Waals surface area contributed by atoms with Crippen LogP contribution in [0.5, 0.6) is 5.19 Å². The summed E-state index contributed by atoms with van der Waals surface area (Å²) >= 11 is 7.00. The van der Waals surface area contributed by atoms with Gasteiger partial charge in [-0.05, 0) is 13.8 Å². The molecule has 0 radical (unpaired) electrons. The van der Waals surface area contributed by atoms with Crippen LogP contribution in [0.25, 0.3) is 0 Å². The van der Waals surface area contributed by atoms with E-state index in [1.54, 1.807) is 5.38 Å². The Kier molecular flexibility index (Phi) is 4.48. The number of aromatic nitrogens is 1. The standard InChI is InChI=1S/C8H12ClNO2S/c1-6(2)11-3-4-12-8-10-7(9)5-13-8/h5-6H,3-4H2,1-2H3. The Hall–Kier alpha value is -0.320. The number of hydrogen-bond donors (Lipinski definition) is 0. The summed E-state index contributed by atoms with van der Waals surface area (Å²) in [6.07, 6.45) is 0.239. The van der Waals surface area contributed by atoms with Gasteiger partial charge in [-0.15, -0.1) is 0 Å². The van der Waals surface area contributed by atoms with E-state index in [2.05, 4.69) is 4.98 Å². The van der Waals surface area contributed by atoms with Gasteiger partial charge < -0.3 is 9.47 Å². The van der Waals surface area contributed by atoms with Crippen molar-refractivity contribution in [3.8, 4) is 5.19 Å². The van der Waals surface area contributed by atoms with Crippen molar-refractivity contribution >= 4 is 22.9 Å². The van der Waals surface area contributed by atoms with Gasteiger partial charge >= 0.3 is 0 Å². The highest BCUT2D eigenvalue weighted by Gasteiger charge is 2.00. The minimum atomic E-state index is 0.239. The fraction of sp³-hybridized carbons (Fsp3) is 0.625. The van der Waals surface area contributed by atoms with Crippen molar-refractivity contribution in [1.29, 1.82) is 0 Å². The monoisotopic (exact) mass is 221 g/mol. The molecule has 0 fully saturated rings. The van der Waals surface area contributed by atoms with Crippen molar-refractivity contribution in [1.82, 2.24) is 4.98 Å². The van der Waals surface area contributed by atoms with E-state index in [-0.39, 0.29) is 6.10 Å². The molecule has 0 amide bonds. The van der Waals surface area contributed by atoms with Gasteiger partial charge in [0.15, 0.2) is 0 Å². The molecular weight excluding hydrogens is 210 g/mol. The Bertz CT molecular complexity index is 252. The highest BCUT2D eigenvalue weighted by Crippen LogP contribution is 2.20. The first-order valence-electron chi connectivity index (χ1n) is 4.04. The molecule has 5 heteroatoms. The van der Waals surface area contributed by atoms with Crippen LogP contribution in [0, 0.1) is 0 Å². The average molecular weight is 222 g/mol. The summed E-state index contributed by atoms with van der Waals surface area (Å²) in [4.78, 5) is 3.93. The molecule has 0 bridgehead atoms. The molecule has 0 aromatic carbocycles. The first-order valence-corrected chi connectivity index (χ1v) is 5.29. The van der Waals surface area contributed by atoms with Gasteiger partial charge in [-0.25, -0.2) is 0 Å². The third-order valence-corrected chi connectivity index (χ3v) is 2.29. The van der Waals surface area contributed by atoms with E-state index in [0.29, 0.717) is 23.6 Å². The van der Waals surface area contributed by atoms with Crippen LogP contribution in [-0.2, 0) is 4.74 Å². The average Bonchev–Trinajstić information content (AvgIpc) is 2.45. The molecule has 1 aromatic rings. The number of halogens is 1. The van der Waals surface area contributed by atoms with Gasteiger partial charge in [0.2, 0.25) is 0 Å². The van der Waals surface area contributed by atoms with Crippen LogP contribution in [0.4, 0.5) is 0 Å². The minimum absolute atomic E-state index is 0.239. The summed E-state index contributed by atoms with van der Waals surface area (Å²) in [5.74, 6) is 0. The van der Waals surface area contributed by atoms with E-state index >= 15 is 0 Å². The maximum Gasteiger partial charge on any atom is 0.274 e. The number of nitrogens with zero attached hydrogens (tertiary/aromatic N) is 1. The summed E-state index contributed by atoms with van der Waals surface area (Å²) in [5.41, 5.74) is 0. The SMILES string of the molecule is CC(C)OCCOc1nc(Cl)cs1. The van der Waals surface area contributed by atoms with Crippen molar-refractivity contribution in [2.24, 2.45) is 0 Å². The van der Waals surface area contributed by atoms with E-state index in [9.17, 15) is 0 Å². The van der Waals surface area contributed by atoms with Crippen LogP contribution in [0.15, 0.2) is 5.38 Å². The first-order chi connectivity index (χ1) is 6.18. The summed E-state index contributed by atoms with van der Waals surface area (Å²) in [7, 11) is 0. The highest BCUT2D eigenvalue weighted by molar-refractivity contribution is 7.11. The maximum atomic E-state index is 5.61. The Morgan fingerprint density at radius 2 is 2.31 bits per heavy atom. The second-order valence-electron chi connectivity index (χ2n) is 2.70. The van der Waals surface area contributed by atoms with Gasteiger partial charge in [0.05, 0.1) is 12.7 Å². The quantitative estimate of drug-likeness (QED) is 0.717. The molecular formula is C8H12ClNO2S. The Labute approximate surface area is 86.6 Å². The Morgan fingerprint density at radius 1 is 1.54 bits per heavy atom. The molecule has 1 heterocycles. The maximum absolute atomic E-state index is 5.61. The van der Waals surface area contributed by atoms with Crippen molar-refractivity contribution in [3.63, 3.8) is 0 Å². The lowest BCUT2D eigenvalue weighted by Gasteiger charge is -2.06. The molecule has 1 rings (SSSR count). The Morgan fingerprint density at radius 3 is 2.85 bits per heavy atom. The predicted molar refractivity (Wildman–Crippen MR) is 53.7 cm³/mol. The fourth-order valence-electron chi connectivity index (χ4n) is 0.718. The number of rotatable bonds is 5. The lowest BCUT2D eigenvalue weighted by molar-refractivity contribution is 0.0552. The van der Waals surface area contributed by atoms with Crippen LogP contribution in [0.2, 0.25) is 5.15 Å². The van der Waals surface area contributed by atoms with E-state index < -0.39 is 0 Å². The lowest BCUT2D eigenvalue weighted by atomic mass is 10.5. The lowest BCUT2D eigenvalue weighted by Crippen LogP contribution is -2.11. The normalized spacial score (nSPS) is 10.8. The molecule has 1 aromatic heterocycles. The number of hydrogen-bond acceptors (Lipinski definition) is 4. The first kappa shape index (κ1) is 10.8. The largest absolute Gasteiger partial charge is 0.468 e. The predicted octanol–water partition coefficient (Wildman–Crippen LogP) is 2.60. The fourth-order valence-corrected chi connectivity index (χ4v) is 1.53. The zero-order valence-corrected chi connectivity index (χ0v) is 9.19. The summed E-state index contributed by atoms with van der Waals surface area (Å²) < 4.78 is 10.6. The molecule has 13 heavy (non-hydrogen) atoms. The van der Waals surface area contributed by atoms with Crippen molar-refractivity contribution in [2.75, 3.05) is 13.2 Å². The van der Waals surface area contributed by atoms with Gasteiger partial charge in [-0.3, -0.25) is 0 Å². The number of ether oxygens (including phenoxy) is 2. The van der Waals surface area contributed by atoms with Gasteiger partial charge in [0.25, 0.3) is 5.19 Å². The van der Waals surface area contributed by atoms with Crippen LogP contribution in [-0.4, -0.2) is 24.3 Å². The molecule has 0 saturated carbocycles. The molecule has 0 aliphatic heterocycles. The third-order valence-electron chi connectivity index (χ3n) is 1.22. The second-order valence-corrected chi connectivity index (χ2v) is 3.91. The van der Waals surface area contributed by atoms with E-state index in [0.717, 1.165) is 0 Å². The molecule has 0 atom stereocenters. The Balaban J connectivity index is 2.13. The number of thiazole rings is 1. The van der Waals surface area contributed by atoms with Crippen LogP contribution in [0.3, 0.4) is 0 Å². The van der Waals surface area contributed by atoms with Gasteiger partial charge in [0, 0.05) is 5.38 Å². The summed E-state index contributed by atoms with van der Waals surface area (Å²) in [5, 5.41) is 2.81. The van der Waals surface area contributed by atoms with Crippen molar-refractivity contribution in [2.45, 2.75) is 20.0 Å². The molecule has 0 aliphatic carbocycles. The molecule has 74 valence electrons. The molecule has 0 N–H and O–H groups in total. The van der Waals surface area contributed by atoms with Gasteiger partial charge in [-0.2, -0.15) is 4.98 Å². The molecule has 0 saturated heterocycles. The zero-order valence-electron chi connectivity index (χ0n) is 7.62. The van der Waals surface area contributed by atoms with E-state index in [4.69, 9.17) is 21.1 Å². The van der Waals surface area contributed by atoms with Crippen molar-refractivity contribution in [3.05, 3.63) is 10.5 Å². The van der Waals surface area contributed by atoms with Gasteiger partial charge in [0.1, 0.15) is 11.8 Å². The molecule has 0 aliphatic rings. The summed E-state index contributed by atoms with van der Waals surface area (Å²) in [6, 6.07) is 0. The minimum Gasteiger partial charge on any atom is -0.468 e. The molecule has 0 spiro atoms. The summed E-state index contributed by atoms with van der Waals surface area (Å²) in [6.45, 7) is 5.07. The van der Waals surface area contributed by atoms with Crippen molar-refractivity contribution < 1.29 is 9.47 Å². The van der Waals surface area contributed by atoms with Crippen LogP contribution < -0.4 is 4.74 Å². The van der Waals surface area contributed by atoms with Crippen LogP contribution in [0.1, 0.15) is 13.8 Å². The topological polar surface area (TPSA) is 31.4 Å². The van der Waals surface area contributed by atoms with Gasteiger partial charge in [-0.1, -0.05) is 22.9 Å². The zero-order chi connectivity index (χ0) is 9.68. The highest BCUT2D eigenvalue weighted by atomic mass is 35.5. The second kappa shape index (κ2) is 5.42. The third kappa shape index (κ3) is 4.45.